The van der Waals surface area contributed by atoms with E-state index in [0.717, 1.165) is 36.5 Å². The molecule has 0 saturated carbocycles. The molecular weight excluding hydrogens is 354 g/mol. The van der Waals surface area contributed by atoms with Crippen LogP contribution in [0.25, 0.3) is 0 Å². The van der Waals surface area contributed by atoms with Crippen LogP contribution in [0.1, 0.15) is 40.1 Å². The zero-order valence-electron chi connectivity index (χ0n) is 14.2. The number of aryl methyl sites for hydroxylation is 1. The summed E-state index contributed by atoms with van der Waals surface area (Å²) in [7, 11) is 0. The van der Waals surface area contributed by atoms with E-state index in [4.69, 9.17) is 11.6 Å². The Bertz CT molecular complexity index is 778. The quantitative estimate of drug-likeness (QED) is 0.860. The van der Waals surface area contributed by atoms with Crippen LogP contribution in [0.4, 0.5) is 0 Å². The number of nitrogens with one attached hydrogen (secondary N) is 2. The third-order valence-electron chi connectivity index (χ3n) is 5.15. The largest absolute Gasteiger partial charge is 0.341 e. The second kappa shape index (κ2) is 7.08. The Balaban J connectivity index is 1.38. The molecule has 2 saturated heterocycles. The summed E-state index contributed by atoms with van der Waals surface area (Å²) < 4.78 is 0. The Labute approximate surface area is 157 Å². The molecule has 2 aromatic rings. The number of thiophene rings is 1. The Morgan fingerprint density at radius 3 is 2.84 bits per heavy atom. The van der Waals surface area contributed by atoms with E-state index in [1.54, 1.807) is 11.3 Å². The first-order valence-corrected chi connectivity index (χ1v) is 9.92. The molecule has 6 heteroatoms. The van der Waals surface area contributed by atoms with Crippen LogP contribution in [0.5, 0.6) is 0 Å². The van der Waals surface area contributed by atoms with Crippen molar-refractivity contribution in [3.8, 4) is 0 Å². The Hall–Kier alpha value is -1.40. The van der Waals surface area contributed by atoms with E-state index in [1.165, 1.54) is 9.75 Å². The molecule has 0 radical (unpaired) electrons. The SMILES string of the molecule is Cc1ccc(C2CC(C(=O)N3CCC(c4ccccc4Cl)C3)NN2)s1. The molecule has 1 aromatic heterocycles. The first-order valence-electron chi connectivity index (χ1n) is 8.72. The van der Waals surface area contributed by atoms with Crippen molar-refractivity contribution >= 4 is 28.8 Å². The van der Waals surface area contributed by atoms with Gasteiger partial charge in [-0.15, -0.1) is 11.3 Å². The predicted molar refractivity (Wildman–Crippen MR) is 102 cm³/mol. The molecule has 3 atom stereocenters. The van der Waals surface area contributed by atoms with Crippen LogP contribution in [-0.2, 0) is 4.79 Å². The van der Waals surface area contributed by atoms with Crippen molar-refractivity contribution in [2.45, 2.75) is 37.8 Å². The molecule has 132 valence electrons. The first-order chi connectivity index (χ1) is 12.1. The Kier molecular flexibility index (Phi) is 4.82. The highest BCUT2D eigenvalue weighted by molar-refractivity contribution is 7.12. The van der Waals surface area contributed by atoms with Crippen LogP contribution in [0, 0.1) is 6.92 Å². The van der Waals surface area contributed by atoms with Crippen molar-refractivity contribution < 1.29 is 4.79 Å². The van der Waals surface area contributed by atoms with Gasteiger partial charge in [0.15, 0.2) is 0 Å². The molecule has 1 aromatic carbocycles. The van der Waals surface area contributed by atoms with E-state index in [9.17, 15) is 4.79 Å². The van der Waals surface area contributed by atoms with Crippen LogP contribution in [0.15, 0.2) is 36.4 Å². The van der Waals surface area contributed by atoms with E-state index in [0.29, 0.717) is 5.92 Å². The second-order valence-electron chi connectivity index (χ2n) is 6.87. The molecule has 1 amide bonds. The lowest BCUT2D eigenvalue weighted by Gasteiger charge is -2.20. The van der Waals surface area contributed by atoms with Crippen LogP contribution < -0.4 is 10.9 Å². The number of rotatable bonds is 3. The molecule has 0 spiro atoms. The fourth-order valence-electron chi connectivity index (χ4n) is 3.79. The van der Waals surface area contributed by atoms with Gasteiger partial charge in [-0.25, -0.2) is 10.9 Å². The number of likely N-dealkylation sites (tertiary alicyclic amines) is 1. The molecular formula is C19H22ClN3OS. The zero-order valence-corrected chi connectivity index (χ0v) is 15.7. The van der Waals surface area contributed by atoms with Crippen LogP contribution in [0.2, 0.25) is 5.02 Å². The van der Waals surface area contributed by atoms with E-state index >= 15 is 0 Å². The number of hydrogen-bond acceptors (Lipinski definition) is 4. The minimum atomic E-state index is -0.155. The molecule has 0 bridgehead atoms. The summed E-state index contributed by atoms with van der Waals surface area (Å²) in [5, 5.41) is 0.801. The van der Waals surface area contributed by atoms with Gasteiger partial charge in [0, 0.05) is 33.8 Å². The average molecular weight is 376 g/mol. The van der Waals surface area contributed by atoms with Crippen molar-refractivity contribution in [1.29, 1.82) is 0 Å². The molecule has 4 nitrogen and oxygen atoms in total. The third kappa shape index (κ3) is 3.47. The number of carbonyl (C=O) groups excluding carboxylic acids is 1. The molecule has 2 fully saturated rings. The van der Waals surface area contributed by atoms with Gasteiger partial charge >= 0.3 is 0 Å². The van der Waals surface area contributed by atoms with Gasteiger partial charge in [0.05, 0.1) is 6.04 Å². The van der Waals surface area contributed by atoms with Gasteiger partial charge < -0.3 is 4.90 Å². The molecule has 3 unspecified atom stereocenters. The first kappa shape index (κ1) is 17.0. The molecule has 2 N–H and O–H groups in total. The normalized spacial score (nSPS) is 26.3. The minimum absolute atomic E-state index is 0.155. The van der Waals surface area contributed by atoms with E-state index < -0.39 is 0 Å². The highest BCUT2D eigenvalue weighted by Crippen LogP contribution is 2.33. The van der Waals surface area contributed by atoms with E-state index in [2.05, 4.69) is 36.0 Å². The van der Waals surface area contributed by atoms with Gasteiger partial charge in [0.25, 0.3) is 0 Å². The average Bonchev–Trinajstić information content (AvgIpc) is 3.35. The molecule has 4 rings (SSSR count). The molecule has 0 aliphatic carbocycles. The van der Waals surface area contributed by atoms with Crippen molar-refractivity contribution in [2.24, 2.45) is 0 Å². The highest BCUT2D eigenvalue weighted by Gasteiger charge is 2.36. The van der Waals surface area contributed by atoms with Crippen LogP contribution >= 0.6 is 22.9 Å². The van der Waals surface area contributed by atoms with E-state index in [1.807, 2.05) is 23.1 Å². The number of carbonyl (C=O) groups is 1. The fraction of sp³-hybridized carbons (Fsp3) is 0.421. The van der Waals surface area contributed by atoms with Gasteiger partial charge in [-0.05, 0) is 43.5 Å². The summed E-state index contributed by atoms with van der Waals surface area (Å²) in [5.74, 6) is 0.528. The lowest BCUT2D eigenvalue weighted by atomic mass is 9.98. The highest BCUT2D eigenvalue weighted by atomic mass is 35.5. The van der Waals surface area contributed by atoms with Gasteiger partial charge in [0.1, 0.15) is 6.04 Å². The summed E-state index contributed by atoms with van der Waals surface area (Å²) in [6.07, 6.45) is 1.77. The summed E-state index contributed by atoms with van der Waals surface area (Å²) in [5.41, 5.74) is 7.64. The van der Waals surface area contributed by atoms with Crippen LogP contribution in [0.3, 0.4) is 0 Å². The summed E-state index contributed by atoms with van der Waals surface area (Å²) in [6, 6.07) is 12.3. The topological polar surface area (TPSA) is 44.4 Å². The Morgan fingerprint density at radius 2 is 2.08 bits per heavy atom. The number of benzene rings is 1. The smallest absolute Gasteiger partial charge is 0.241 e. The number of halogens is 1. The molecule has 2 aliphatic rings. The maximum atomic E-state index is 12.9. The monoisotopic (exact) mass is 375 g/mol. The lowest BCUT2D eigenvalue weighted by Crippen LogP contribution is -2.44. The Morgan fingerprint density at radius 1 is 1.24 bits per heavy atom. The predicted octanol–water partition coefficient (Wildman–Crippen LogP) is 3.63. The fourth-order valence-corrected chi connectivity index (χ4v) is 5.02. The van der Waals surface area contributed by atoms with Crippen LogP contribution in [-0.4, -0.2) is 29.9 Å². The molecule has 25 heavy (non-hydrogen) atoms. The van der Waals surface area contributed by atoms with Gasteiger partial charge in [-0.2, -0.15) is 0 Å². The van der Waals surface area contributed by atoms with Gasteiger partial charge in [-0.3, -0.25) is 4.79 Å². The van der Waals surface area contributed by atoms with Crippen molar-refractivity contribution in [1.82, 2.24) is 15.8 Å². The summed E-state index contributed by atoms with van der Waals surface area (Å²) >= 11 is 8.11. The molecule has 2 aliphatic heterocycles. The van der Waals surface area contributed by atoms with Gasteiger partial charge in [-0.1, -0.05) is 29.8 Å². The standard InChI is InChI=1S/C19H22ClN3OS/c1-12-6-7-18(25-12)16-10-17(22-21-16)19(24)23-9-8-13(11-23)14-4-2-3-5-15(14)20/h2-7,13,16-17,21-22H,8-11H2,1H3. The maximum Gasteiger partial charge on any atom is 0.241 e. The number of hydrazine groups is 1. The third-order valence-corrected chi connectivity index (χ3v) is 6.61. The number of amides is 1. The van der Waals surface area contributed by atoms with Gasteiger partial charge in [0.2, 0.25) is 5.91 Å². The summed E-state index contributed by atoms with van der Waals surface area (Å²) in [6.45, 7) is 3.66. The maximum absolute atomic E-state index is 12.9. The second-order valence-corrected chi connectivity index (χ2v) is 8.60. The van der Waals surface area contributed by atoms with Crippen molar-refractivity contribution in [3.63, 3.8) is 0 Å². The van der Waals surface area contributed by atoms with E-state index in [-0.39, 0.29) is 18.0 Å². The molecule has 3 heterocycles. The summed E-state index contributed by atoms with van der Waals surface area (Å²) in [4.78, 5) is 17.5. The zero-order chi connectivity index (χ0) is 17.4. The van der Waals surface area contributed by atoms with Crippen molar-refractivity contribution in [2.75, 3.05) is 13.1 Å². The minimum Gasteiger partial charge on any atom is -0.341 e. The lowest BCUT2D eigenvalue weighted by molar-refractivity contribution is -0.132. The number of hydrogen-bond donors (Lipinski definition) is 2. The number of nitrogens with zero attached hydrogens (tertiary/aromatic N) is 1. The van der Waals surface area contributed by atoms with Crippen molar-refractivity contribution in [3.05, 3.63) is 56.7 Å².